The van der Waals surface area contributed by atoms with Crippen LogP contribution in [0.1, 0.15) is 57.2 Å². The minimum absolute atomic E-state index is 0.0591. The van der Waals surface area contributed by atoms with E-state index < -0.39 is 0 Å². The van der Waals surface area contributed by atoms with E-state index in [0.717, 1.165) is 42.8 Å². The van der Waals surface area contributed by atoms with Crippen molar-refractivity contribution >= 4 is 0 Å². The zero-order valence-electron chi connectivity index (χ0n) is 11.3. The Morgan fingerprint density at radius 2 is 2.33 bits per heavy atom. The normalized spacial score (nSPS) is 32.0. The average Bonchev–Trinajstić information content (AvgIpc) is 3.04. The number of hydrogen-bond acceptors (Lipinski definition) is 3. The molecular formula is C14H24N4. The zero-order valence-corrected chi connectivity index (χ0v) is 11.3. The summed E-state index contributed by atoms with van der Waals surface area (Å²) in [5.74, 6) is 2.79. The second-order valence-corrected chi connectivity index (χ2v) is 6.20. The Bertz CT molecular complexity index is 400. The number of rotatable bonds is 5. The zero-order chi connectivity index (χ0) is 12.5. The van der Waals surface area contributed by atoms with Crippen LogP contribution >= 0.6 is 0 Å². The molecule has 2 aliphatic rings. The molecule has 4 nitrogen and oxygen atoms in total. The molecule has 2 fully saturated rings. The summed E-state index contributed by atoms with van der Waals surface area (Å²) in [6.07, 6.45) is 9.92. The lowest BCUT2D eigenvalue weighted by Crippen LogP contribution is -2.17. The standard InChI is InChI=1S/C14H24N4/c1-2-3-13(15)14-9-18(17-16-14)8-12-7-10-4-5-11(12)6-10/h9-13H,2-8,15H2,1H3. The first-order chi connectivity index (χ1) is 8.76. The topological polar surface area (TPSA) is 56.7 Å². The fraction of sp³-hybridized carbons (Fsp3) is 0.857. The van der Waals surface area contributed by atoms with Crippen molar-refractivity contribution in [1.82, 2.24) is 15.0 Å². The molecule has 2 saturated carbocycles. The van der Waals surface area contributed by atoms with Crippen LogP contribution in [-0.4, -0.2) is 15.0 Å². The van der Waals surface area contributed by atoms with Gasteiger partial charge in [-0.1, -0.05) is 25.0 Å². The van der Waals surface area contributed by atoms with Gasteiger partial charge in [0.2, 0.25) is 0 Å². The molecular weight excluding hydrogens is 224 g/mol. The highest BCUT2D eigenvalue weighted by molar-refractivity contribution is 5.00. The van der Waals surface area contributed by atoms with Crippen molar-refractivity contribution in [3.63, 3.8) is 0 Å². The fourth-order valence-electron chi connectivity index (χ4n) is 3.87. The summed E-state index contributed by atoms with van der Waals surface area (Å²) in [7, 11) is 0. The summed E-state index contributed by atoms with van der Waals surface area (Å²) in [5.41, 5.74) is 7.03. The van der Waals surface area contributed by atoms with Gasteiger partial charge in [-0.15, -0.1) is 5.10 Å². The molecule has 4 unspecified atom stereocenters. The van der Waals surface area contributed by atoms with E-state index in [1.165, 1.54) is 25.7 Å². The summed E-state index contributed by atoms with van der Waals surface area (Å²) in [6.45, 7) is 3.20. The summed E-state index contributed by atoms with van der Waals surface area (Å²) >= 11 is 0. The molecule has 0 aromatic carbocycles. The molecule has 4 heteroatoms. The molecule has 4 atom stereocenters. The maximum Gasteiger partial charge on any atom is 0.0994 e. The minimum atomic E-state index is 0.0591. The van der Waals surface area contributed by atoms with Crippen molar-refractivity contribution in [2.45, 2.75) is 58.0 Å². The van der Waals surface area contributed by atoms with Crippen LogP contribution in [0.4, 0.5) is 0 Å². The van der Waals surface area contributed by atoms with Crippen molar-refractivity contribution in [2.24, 2.45) is 23.5 Å². The van der Waals surface area contributed by atoms with Gasteiger partial charge < -0.3 is 5.73 Å². The summed E-state index contributed by atoms with van der Waals surface area (Å²) in [6, 6.07) is 0.0591. The molecule has 3 rings (SSSR count). The molecule has 1 heterocycles. The van der Waals surface area contributed by atoms with Crippen LogP contribution in [0.2, 0.25) is 0 Å². The van der Waals surface area contributed by atoms with E-state index in [1.54, 1.807) is 0 Å². The van der Waals surface area contributed by atoms with Crippen molar-refractivity contribution in [1.29, 1.82) is 0 Å². The molecule has 2 N–H and O–H groups in total. The monoisotopic (exact) mass is 248 g/mol. The predicted molar refractivity (Wildman–Crippen MR) is 70.8 cm³/mol. The van der Waals surface area contributed by atoms with Gasteiger partial charge in [-0.3, -0.25) is 4.68 Å². The van der Waals surface area contributed by atoms with Crippen molar-refractivity contribution in [3.8, 4) is 0 Å². The molecule has 18 heavy (non-hydrogen) atoms. The second kappa shape index (κ2) is 5.00. The van der Waals surface area contributed by atoms with E-state index >= 15 is 0 Å². The van der Waals surface area contributed by atoms with Gasteiger partial charge in [-0.2, -0.15) is 0 Å². The third-order valence-corrected chi connectivity index (χ3v) is 4.84. The first-order valence-corrected chi connectivity index (χ1v) is 7.42. The van der Waals surface area contributed by atoms with Crippen molar-refractivity contribution in [3.05, 3.63) is 11.9 Å². The summed E-state index contributed by atoms with van der Waals surface area (Å²) in [5, 5.41) is 8.48. The molecule has 0 amide bonds. The summed E-state index contributed by atoms with van der Waals surface area (Å²) < 4.78 is 2.02. The largest absolute Gasteiger partial charge is 0.323 e. The first-order valence-electron chi connectivity index (χ1n) is 7.42. The van der Waals surface area contributed by atoms with Crippen molar-refractivity contribution < 1.29 is 0 Å². The third-order valence-electron chi connectivity index (χ3n) is 4.84. The number of fused-ring (bicyclic) bond motifs is 2. The van der Waals surface area contributed by atoms with Gasteiger partial charge in [0.1, 0.15) is 0 Å². The van der Waals surface area contributed by atoms with E-state index in [0.29, 0.717) is 0 Å². The number of nitrogens with two attached hydrogens (primary N) is 1. The van der Waals surface area contributed by atoms with E-state index in [2.05, 4.69) is 23.4 Å². The van der Waals surface area contributed by atoms with E-state index in [1.807, 2.05) is 4.68 Å². The van der Waals surface area contributed by atoms with Gasteiger partial charge in [0.05, 0.1) is 17.9 Å². The second-order valence-electron chi connectivity index (χ2n) is 6.20. The molecule has 100 valence electrons. The van der Waals surface area contributed by atoms with Gasteiger partial charge in [0, 0.05) is 6.54 Å². The SMILES string of the molecule is CCCC(N)c1cn(CC2CC3CCC2C3)nn1. The third kappa shape index (κ3) is 2.30. The minimum Gasteiger partial charge on any atom is -0.323 e. The molecule has 0 saturated heterocycles. The van der Waals surface area contributed by atoms with Crippen LogP contribution < -0.4 is 5.73 Å². The lowest BCUT2D eigenvalue weighted by atomic mass is 9.89. The quantitative estimate of drug-likeness (QED) is 0.871. The maximum atomic E-state index is 6.07. The van der Waals surface area contributed by atoms with Gasteiger partial charge >= 0.3 is 0 Å². The molecule has 2 bridgehead atoms. The molecule has 1 aromatic rings. The van der Waals surface area contributed by atoms with Gasteiger partial charge in [-0.25, -0.2) is 0 Å². The van der Waals surface area contributed by atoms with Crippen molar-refractivity contribution in [2.75, 3.05) is 0 Å². The van der Waals surface area contributed by atoms with Crippen LogP contribution in [0.25, 0.3) is 0 Å². The fourth-order valence-corrected chi connectivity index (χ4v) is 3.87. The van der Waals surface area contributed by atoms with E-state index in [-0.39, 0.29) is 6.04 Å². The Hall–Kier alpha value is -0.900. The van der Waals surface area contributed by atoms with Crippen LogP contribution in [0.15, 0.2) is 6.20 Å². The molecule has 0 spiro atoms. The molecule has 0 aliphatic heterocycles. The van der Waals surface area contributed by atoms with Gasteiger partial charge in [0.25, 0.3) is 0 Å². The predicted octanol–water partition coefficient (Wildman–Crippen LogP) is 2.51. The Balaban J connectivity index is 1.60. The molecule has 2 aliphatic carbocycles. The highest BCUT2D eigenvalue weighted by Gasteiger charge is 2.39. The van der Waals surface area contributed by atoms with E-state index in [4.69, 9.17) is 5.73 Å². The Labute approximate surface area is 109 Å². The average molecular weight is 248 g/mol. The maximum absolute atomic E-state index is 6.07. The Morgan fingerprint density at radius 3 is 3.00 bits per heavy atom. The Morgan fingerprint density at radius 1 is 1.44 bits per heavy atom. The Kier molecular flexibility index (Phi) is 3.37. The van der Waals surface area contributed by atoms with Gasteiger partial charge in [0.15, 0.2) is 0 Å². The van der Waals surface area contributed by atoms with Gasteiger partial charge in [-0.05, 0) is 43.4 Å². The first kappa shape index (κ1) is 12.2. The van der Waals surface area contributed by atoms with Crippen LogP contribution in [0.3, 0.4) is 0 Å². The smallest absolute Gasteiger partial charge is 0.0994 e. The lowest BCUT2D eigenvalue weighted by Gasteiger charge is -2.20. The number of hydrogen-bond donors (Lipinski definition) is 1. The number of aromatic nitrogens is 3. The molecule has 0 radical (unpaired) electrons. The van der Waals surface area contributed by atoms with Crippen LogP contribution in [0.5, 0.6) is 0 Å². The lowest BCUT2D eigenvalue weighted by molar-refractivity contribution is 0.283. The number of nitrogens with zero attached hydrogens (tertiary/aromatic N) is 3. The molecule has 1 aromatic heterocycles. The van der Waals surface area contributed by atoms with E-state index in [9.17, 15) is 0 Å². The highest BCUT2D eigenvalue weighted by Crippen LogP contribution is 2.48. The van der Waals surface area contributed by atoms with Crippen LogP contribution in [0, 0.1) is 17.8 Å². The summed E-state index contributed by atoms with van der Waals surface area (Å²) in [4.78, 5) is 0. The van der Waals surface area contributed by atoms with Crippen LogP contribution in [-0.2, 0) is 6.54 Å². The highest BCUT2D eigenvalue weighted by atomic mass is 15.4.